The summed E-state index contributed by atoms with van der Waals surface area (Å²) in [5, 5.41) is 11.7. The zero-order valence-electron chi connectivity index (χ0n) is 14.1. The number of nitrogens with one attached hydrogen (secondary N) is 1. The Morgan fingerprint density at radius 2 is 2.00 bits per heavy atom. The van der Waals surface area contributed by atoms with E-state index in [1.165, 1.54) is 19.3 Å². The predicted molar refractivity (Wildman–Crippen MR) is 98.7 cm³/mol. The molecule has 8 heteroatoms. The highest BCUT2D eigenvalue weighted by Gasteiger charge is 2.31. The lowest BCUT2D eigenvalue weighted by Crippen LogP contribution is -2.36. The largest absolute Gasteiger partial charge is 0.355 e. The first-order chi connectivity index (χ1) is 10.8. The van der Waals surface area contributed by atoms with Crippen LogP contribution in [0.15, 0.2) is 0 Å². The van der Waals surface area contributed by atoms with Crippen molar-refractivity contribution in [3.8, 4) is 0 Å². The first kappa shape index (κ1) is 21.2. The summed E-state index contributed by atoms with van der Waals surface area (Å²) in [5.41, 5.74) is 5.76. The Balaban J connectivity index is 0.00000144. The van der Waals surface area contributed by atoms with E-state index in [4.69, 9.17) is 5.73 Å². The average Bonchev–Trinajstić information content (AvgIpc) is 3.08. The Kier molecular flexibility index (Phi) is 9.02. The molecule has 3 N–H and O–H groups in total. The molecule has 0 aromatic carbocycles. The molecule has 0 unspecified atom stereocenters. The van der Waals surface area contributed by atoms with Gasteiger partial charge in [-0.1, -0.05) is 12.8 Å². The lowest BCUT2D eigenvalue weighted by molar-refractivity contribution is -0.125. The van der Waals surface area contributed by atoms with Crippen molar-refractivity contribution in [2.24, 2.45) is 17.6 Å². The number of halogens is 2. The minimum absolute atomic E-state index is 0. The zero-order chi connectivity index (χ0) is 15.4. The number of carbonyl (C=O) groups excluding carboxylic acids is 1. The van der Waals surface area contributed by atoms with Crippen molar-refractivity contribution >= 4 is 30.7 Å². The average molecular weight is 378 g/mol. The van der Waals surface area contributed by atoms with Gasteiger partial charge in [0.25, 0.3) is 0 Å². The Hall–Kier alpha value is -0.850. The van der Waals surface area contributed by atoms with Gasteiger partial charge in [-0.3, -0.25) is 4.79 Å². The maximum absolute atomic E-state index is 12.3. The molecule has 1 saturated carbocycles. The summed E-state index contributed by atoms with van der Waals surface area (Å²) in [5.74, 6) is 2.77. The van der Waals surface area contributed by atoms with Crippen molar-refractivity contribution in [1.82, 2.24) is 20.1 Å². The summed E-state index contributed by atoms with van der Waals surface area (Å²) < 4.78 is 2.25. The van der Waals surface area contributed by atoms with Crippen LogP contribution in [0.2, 0.25) is 0 Å². The van der Waals surface area contributed by atoms with Gasteiger partial charge in [0.15, 0.2) is 0 Å². The van der Waals surface area contributed by atoms with Crippen molar-refractivity contribution in [3.05, 3.63) is 11.6 Å². The van der Waals surface area contributed by atoms with Crippen LogP contribution in [-0.2, 0) is 24.2 Å². The fraction of sp³-hybridized carbons (Fsp3) is 0.812. The van der Waals surface area contributed by atoms with Crippen LogP contribution in [0.5, 0.6) is 0 Å². The monoisotopic (exact) mass is 377 g/mol. The van der Waals surface area contributed by atoms with Gasteiger partial charge in [0.2, 0.25) is 5.91 Å². The number of carbonyl (C=O) groups is 1. The molecule has 2 heterocycles. The second-order valence-electron chi connectivity index (χ2n) is 6.57. The van der Waals surface area contributed by atoms with E-state index in [1.54, 1.807) is 0 Å². The third-order valence-corrected chi connectivity index (χ3v) is 5.13. The van der Waals surface area contributed by atoms with Crippen LogP contribution in [-0.4, -0.2) is 33.8 Å². The molecule has 1 amide bonds. The van der Waals surface area contributed by atoms with Gasteiger partial charge >= 0.3 is 0 Å². The maximum atomic E-state index is 12.3. The van der Waals surface area contributed by atoms with Crippen LogP contribution < -0.4 is 11.1 Å². The number of aryl methyl sites for hydroxylation is 1. The molecule has 0 spiro atoms. The van der Waals surface area contributed by atoms with Crippen LogP contribution in [0, 0.1) is 11.8 Å². The van der Waals surface area contributed by atoms with E-state index in [9.17, 15) is 4.79 Å². The fourth-order valence-corrected chi connectivity index (χ4v) is 3.82. The molecule has 2 aliphatic rings. The first-order valence-corrected chi connectivity index (χ1v) is 8.68. The van der Waals surface area contributed by atoms with E-state index in [-0.39, 0.29) is 36.6 Å². The fourth-order valence-electron chi connectivity index (χ4n) is 3.82. The molecular formula is C16H29Cl2N5O. The van der Waals surface area contributed by atoms with E-state index in [0.29, 0.717) is 19.0 Å². The van der Waals surface area contributed by atoms with Crippen LogP contribution in [0.25, 0.3) is 0 Å². The van der Waals surface area contributed by atoms with E-state index < -0.39 is 0 Å². The molecule has 1 aromatic heterocycles. The predicted octanol–water partition coefficient (Wildman–Crippen LogP) is 1.88. The summed E-state index contributed by atoms with van der Waals surface area (Å²) >= 11 is 0. The molecule has 0 radical (unpaired) electrons. The van der Waals surface area contributed by atoms with E-state index in [2.05, 4.69) is 20.1 Å². The molecule has 6 nitrogen and oxygen atoms in total. The third kappa shape index (κ3) is 4.83. The van der Waals surface area contributed by atoms with Gasteiger partial charge < -0.3 is 15.6 Å². The zero-order valence-corrected chi connectivity index (χ0v) is 15.7. The van der Waals surface area contributed by atoms with Crippen molar-refractivity contribution in [2.75, 3.05) is 13.1 Å². The summed E-state index contributed by atoms with van der Waals surface area (Å²) in [6.45, 7) is 2.28. The number of hydrogen-bond acceptors (Lipinski definition) is 4. The van der Waals surface area contributed by atoms with Crippen LogP contribution in [0.4, 0.5) is 0 Å². The van der Waals surface area contributed by atoms with Gasteiger partial charge in [0.05, 0.1) is 0 Å². The lowest BCUT2D eigenvalue weighted by atomic mass is 9.95. The minimum Gasteiger partial charge on any atom is -0.355 e. The second-order valence-corrected chi connectivity index (χ2v) is 6.57. The smallest absolute Gasteiger partial charge is 0.223 e. The van der Waals surface area contributed by atoms with Crippen LogP contribution in [0.3, 0.4) is 0 Å². The lowest BCUT2D eigenvalue weighted by Gasteiger charge is -2.17. The number of aromatic nitrogens is 3. The van der Waals surface area contributed by atoms with Gasteiger partial charge in [-0.05, 0) is 38.1 Å². The topological polar surface area (TPSA) is 85.8 Å². The number of nitrogens with zero attached hydrogens (tertiary/aromatic N) is 3. The molecule has 24 heavy (non-hydrogen) atoms. The number of nitrogens with two attached hydrogens (primary N) is 1. The van der Waals surface area contributed by atoms with E-state index >= 15 is 0 Å². The molecule has 1 aliphatic heterocycles. The van der Waals surface area contributed by atoms with Crippen LogP contribution in [0.1, 0.15) is 50.2 Å². The van der Waals surface area contributed by atoms with Crippen molar-refractivity contribution in [3.63, 3.8) is 0 Å². The standard InChI is InChI=1S/C16H27N5O.2ClH/c17-11-12-5-4-6-13(12)16(22)18-9-8-15-20-19-14-7-2-1-3-10-21(14)15;;/h12-13H,1-11,17H2,(H,18,22);2*1H/t12-,13-;;/m1../s1. The molecule has 1 fully saturated rings. The summed E-state index contributed by atoms with van der Waals surface area (Å²) in [6.07, 6.45) is 8.65. The summed E-state index contributed by atoms with van der Waals surface area (Å²) in [6, 6.07) is 0. The van der Waals surface area contributed by atoms with Crippen molar-refractivity contribution in [1.29, 1.82) is 0 Å². The minimum atomic E-state index is 0. The molecule has 138 valence electrons. The highest BCUT2D eigenvalue weighted by Crippen LogP contribution is 2.30. The number of hydrogen-bond donors (Lipinski definition) is 2. The number of amides is 1. The number of rotatable bonds is 5. The molecular weight excluding hydrogens is 349 g/mol. The molecule has 1 aliphatic carbocycles. The van der Waals surface area contributed by atoms with Crippen molar-refractivity contribution < 1.29 is 4.79 Å². The molecule has 2 atom stereocenters. The highest BCUT2D eigenvalue weighted by atomic mass is 35.5. The van der Waals surface area contributed by atoms with Crippen LogP contribution >= 0.6 is 24.8 Å². The van der Waals surface area contributed by atoms with E-state index in [0.717, 1.165) is 50.3 Å². The molecule has 3 rings (SSSR count). The Morgan fingerprint density at radius 3 is 2.79 bits per heavy atom. The Morgan fingerprint density at radius 1 is 1.17 bits per heavy atom. The SMILES string of the molecule is Cl.Cl.NC[C@H]1CCC[C@H]1C(=O)NCCc1nnc2n1CCCCC2. The Labute approximate surface area is 156 Å². The molecule has 0 bridgehead atoms. The van der Waals surface area contributed by atoms with E-state index in [1.807, 2.05) is 0 Å². The first-order valence-electron chi connectivity index (χ1n) is 8.68. The normalized spacial score (nSPS) is 22.7. The molecule has 1 aromatic rings. The van der Waals surface area contributed by atoms with Gasteiger partial charge in [-0.25, -0.2) is 0 Å². The van der Waals surface area contributed by atoms with Gasteiger partial charge in [-0.2, -0.15) is 0 Å². The van der Waals surface area contributed by atoms with Crippen molar-refractivity contribution in [2.45, 2.75) is 57.9 Å². The number of fused-ring (bicyclic) bond motifs is 1. The second kappa shape index (κ2) is 10.2. The maximum Gasteiger partial charge on any atom is 0.223 e. The highest BCUT2D eigenvalue weighted by molar-refractivity contribution is 5.85. The molecule has 0 saturated heterocycles. The quantitative estimate of drug-likeness (QED) is 0.819. The summed E-state index contributed by atoms with van der Waals surface area (Å²) in [7, 11) is 0. The Bertz CT molecular complexity index is 523. The van der Waals surface area contributed by atoms with Gasteiger partial charge in [0, 0.05) is 31.8 Å². The van der Waals surface area contributed by atoms with Gasteiger partial charge in [-0.15, -0.1) is 35.0 Å². The third-order valence-electron chi connectivity index (χ3n) is 5.13. The van der Waals surface area contributed by atoms with Gasteiger partial charge in [0.1, 0.15) is 11.6 Å². The summed E-state index contributed by atoms with van der Waals surface area (Å²) in [4.78, 5) is 12.3.